The fraction of sp³-hybridized carbons (Fsp3) is 0.118. The third-order valence-electron chi connectivity index (χ3n) is 7.19. The average molecular weight is 500 g/mol. The SMILES string of the molecule is COc1ccc([NH2+]CC(O)Cn2c(-c3ccccc3)c(-c3ccccc3)c3ccc4ccccc4c32)cc1. The third kappa shape index (κ3) is 4.56. The quantitative estimate of drug-likeness (QED) is 0.238. The molecule has 0 amide bonds. The lowest BCUT2D eigenvalue weighted by Crippen LogP contribution is -2.80. The lowest BCUT2D eigenvalue weighted by atomic mass is 9.97. The van der Waals surface area contributed by atoms with Gasteiger partial charge in [0.1, 0.15) is 24.1 Å². The highest BCUT2D eigenvalue weighted by Crippen LogP contribution is 2.43. The maximum atomic E-state index is 11.4. The number of aliphatic hydroxyl groups is 1. The van der Waals surface area contributed by atoms with E-state index in [0.717, 1.165) is 28.2 Å². The molecule has 1 heterocycles. The molecule has 0 fully saturated rings. The van der Waals surface area contributed by atoms with Crippen LogP contribution in [0.4, 0.5) is 5.69 Å². The van der Waals surface area contributed by atoms with E-state index in [9.17, 15) is 5.11 Å². The van der Waals surface area contributed by atoms with Crippen molar-refractivity contribution in [3.63, 3.8) is 0 Å². The molecule has 6 rings (SSSR count). The van der Waals surface area contributed by atoms with E-state index >= 15 is 0 Å². The Hall–Kier alpha value is -4.38. The maximum absolute atomic E-state index is 11.4. The fourth-order valence-corrected chi connectivity index (χ4v) is 5.40. The summed E-state index contributed by atoms with van der Waals surface area (Å²) in [5.41, 5.74) is 6.86. The first kappa shape index (κ1) is 24.0. The largest absolute Gasteiger partial charge is 0.497 e. The Bertz CT molecular complexity index is 1670. The van der Waals surface area contributed by atoms with Crippen molar-refractivity contribution in [1.29, 1.82) is 0 Å². The Morgan fingerprint density at radius 3 is 2.08 bits per heavy atom. The third-order valence-corrected chi connectivity index (χ3v) is 7.19. The molecule has 3 N–H and O–H groups in total. The van der Waals surface area contributed by atoms with Crippen LogP contribution in [-0.2, 0) is 6.54 Å². The first-order chi connectivity index (χ1) is 18.7. The molecule has 38 heavy (non-hydrogen) atoms. The van der Waals surface area contributed by atoms with Crippen molar-refractivity contribution in [1.82, 2.24) is 4.57 Å². The summed E-state index contributed by atoms with van der Waals surface area (Å²) in [5.74, 6) is 0.828. The lowest BCUT2D eigenvalue weighted by molar-refractivity contribution is -0.580. The van der Waals surface area contributed by atoms with Crippen molar-refractivity contribution in [2.75, 3.05) is 13.7 Å². The van der Waals surface area contributed by atoms with Gasteiger partial charge in [-0.3, -0.25) is 0 Å². The summed E-state index contributed by atoms with van der Waals surface area (Å²) < 4.78 is 7.61. The van der Waals surface area contributed by atoms with E-state index in [-0.39, 0.29) is 0 Å². The van der Waals surface area contributed by atoms with Gasteiger partial charge in [0.2, 0.25) is 0 Å². The van der Waals surface area contributed by atoms with Gasteiger partial charge < -0.3 is 19.7 Å². The molecule has 0 aliphatic heterocycles. The molecule has 0 radical (unpaired) electrons. The van der Waals surface area contributed by atoms with Crippen molar-refractivity contribution in [2.24, 2.45) is 0 Å². The number of nitrogens with zero attached hydrogens (tertiary/aromatic N) is 1. The number of hydrogen-bond donors (Lipinski definition) is 2. The number of ether oxygens (including phenoxy) is 1. The van der Waals surface area contributed by atoms with E-state index in [2.05, 4.69) is 101 Å². The minimum atomic E-state index is -0.558. The van der Waals surface area contributed by atoms with Gasteiger partial charge in [0.05, 0.1) is 24.9 Å². The van der Waals surface area contributed by atoms with Crippen LogP contribution in [0.2, 0.25) is 0 Å². The minimum Gasteiger partial charge on any atom is -0.497 e. The van der Waals surface area contributed by atoms with Crippen molar-refractivity contribution in [2.45, 2.75) is 12.6 Å². The van der Waals surface area contributed by atoms with Gasteiger partial charge in [-0.2, -0.15) is 0 Å². The Labute approximate surface area is 222 Å². The molecule has 0 saturated heterocycles. The van der Waals surface area contributed by atoms with Gasteiger partial charge in [-0.25, -0.2) is 0 Å². The molecule has 0 aliphatic rings. The molecule has 0 spiro atoms. The van der Waals surface area contributed by atoms with Gasteiger partial charge in [-0.15, -0.1) is 0 Å². The molecule has 1 aromatic heterocycles. The highest BCUT2D eigenvalue weighted by atomic mass is 16.5. The number of benzene rings is 5. The van der Waals surface area contributed by atoms with Gasteiger partial charge in [0, 0.05) is 28.5 Å². The van der Waals surface area contributed by atoms with E-state index in [1.54, 1.807) is 7.11 Å². The van der Waals surface area contributed by atoms with Crippen LogP contribution < -0.4 is 10.1 Å². The molecular weight excluding hydrogens is 468 g/mol. The average Bonchev–Trinajstić information content (AvgIpc) is 3.31. The summed E-state index contributed by atoms with van der Waals surface area (Å²) in [7, 11) is 1.67. The van der Waals surface area contributed by atoms with Gasteiger partial charge in [-0.05, 0) is 28.6 Å². The predicted octanol–water partition coefficient (Wildman–Crippen LogP) is 6.39. The zero-order valence-corrected chi connectivity index (χ0v) is 21.4. The Kier molecular flexibility index (Phi) is 6.65. The Morgan fingerprint density at radius 2 is 1.37 bits per heavy atom. The molecule has 6 aromatic rings. The van der Waals surface area contributed by atoms with Gasteiger partial charge in [0.15, 0.2) is 0 Å². The van der Waals surface area contributed by atoms with Crippen LogP contribution >= 0.6 is 0 Å². The number of hydrogen-bond acceptors (Lipinski definition) is 2. The fourth-order valence-electron chi connectivity index (χ4n) is 5.40. The molecule has 4 heteroatoms. The number of aliphatic hydroxyl groups excluding tert-OH is 1. The molecule has 1 unspecified atom stereocenters. The Balaban J connectivity index is 1.50. The number of nitrogens with two attached hydrogens (primary N) is 1. The summed E-state index contributed by atoms with van der Waals surface area (Å²) >= 11 is 0. The minimum absolute atomic E-state index is 0.480. The second-order valence-corrected chi connectivity index (χ2v) is 9.62. The summed E-state index contributed by atoms with van der Waals surface area (Å²) in [4.78, 5) is 0. The number of aromatic nitrogens is 1. The monoisotopic (exact) mass is 499 g/mol. The van der Waals surface area contributed by atoms with Crippen LogP contribution in [0.3, 0.4) is 0 Å². The van der Waals surface area contributed by atoms with Crippen LogP contribution in [0.25, 0.3) is 44.1 Å². The molecule has 0 saturated carbocycles. The summed E-state index contributed by atoms with van der Waals surface area (Å²) in [5, 5.41) is 17.0. The van der Waals surface area contributed by atoms with Crippen LogP contribution in [0, 0.1) is 0 Å². The molecule has 0 aliphatic carbocycles. The predicted molar refractivity (Wildman–Crippen MR) is 156 cm³/mol. The van der Waals surface area contributed by atoms with E-state index in [1.807, 2.05) is 30.3 Å². The smallest absolute Gasteiger partial charge is 0.129 e. The van der Waals surface area contributed by atoms with Crippen molar-refractivity contribution in [3.05, 3.63) is 121 Å². The van der Waals surface area contributed by atoms with Crippen LogP contribution in [0.1, 0.15) is 0 Å². The van der Waals surface area contributed by atoms with Crippen LogP contribution in [0.5, 0.6) is 5.75 Å². The van der Waals surface area contributed by atoms with Crippen molar-refractivity contribution in [3.8, 4) is 28.1 Å². The van der Waals surface area contributed by atoms with Crippen LogP contribution in [-0.4, -0.2) is 29.4 Å². The van der Waals surface area contributed by atoms with Gasteiger partial charge >= 0.3 is 0 Å². The maximum Gasteiger partial charge on any atom is 0.129 e. The summed E-state index contributed by atoms with van der Waals surface area (Å²) in [6, 6.07) is 42.0. The van der Waals surface area contributed by atoms with Crippen LogP contribution in [0.15, 0.2) is 121 Å². The first-order valence-electron chi connectivity index (χ1n) is 13.0. The van der Waals surface area contributed by atoms with E-state index in [0.29, 0.717) is 13.1 Å². The van der Waals surface area contributed by atoms with Crippen molar-refractivity contribution >= 4 is 27.4 Å². The molecule has 5 aromatic carbocycles. The number of rotatable bonds is 8. The van der Waals surface area contributed by atoms with Gasteiger partial charge in [-0.1, -0.05) is 97.1 Å². The molecular formula is C34H31N2O2+. The zero-order valence-electron chi connectivity index (χ0n) is 21.4. The molecule has 188 valence electrons. The first-order valence-corrected chi connectivity index (χ1v) is 13.0. The van der Waals surface area contributed by atoms with E-state index in [1.165, 1.54) is 27.3 Å². The van der Waals surface area contributed by atoms with Gasteiger partial charge in [0.25, 0.3) is 0 Å². The van der Waals surface area contributed by atoms with Crippen molar-refractivity contribution < 1.29 is 15.2 Å². The number of methoxy groups -OCH3 is 1. The van der Waals surface area contributed by atoms with E-state index < -0.39 is 6.10 Å². The van der Waals surface area contributed by atoms with E-state index in [4.69, 9.17) is 4.74 Å². The second-order valence-electron chi connectivity index (χ2n) is 9.62. The highest BCUT2D eigenvalue weighted by Gasteiger charge is 2.23. The topological polar surface area (TPSA) is 51.0 Å². The number of quaternary nitrogens is 1. The lowest BCUT2D eigenvalue weighted by Gasteiger charge is -2.17. The second kappa shape index (κ2) is 10.5. The molecule has 4 nitrogen and oxygen atoms in total. The molecule has 1 atom stereocenters. The number of fused-ring (bicyclic) bond motifs is 3. The summed E-state index contributed by atoms with van der Waals surface area (Å²) in [6.07, 6.45) is -0.558. The Morgan fingerprint density at radius 1 is 0.711 bits per heavy atom. The summed E-state index contributed by atoms with van der Waals surface area (Å²) in [6.45, 7) is 1.03. The standard InChI is InChI=1S/C34H30N2O2/c1-38-29-19-17-27(18-20-29)35-22-28(37)23-36-33(26-13-6-3-7-14-26)32(25-11-4-2-5-12-25)31-21-16-24-10-8-9-15-30(24)34(31)36/h2-21,28,35,37H,22-23H2,1H3/p+1. The molecule has 0 bridgehead atoms. The highest BCUT2D eigenvalue weighted by molar-refractivity contribution is 6.15. The zero-order chi connectivity index (χ0) is 25.9. The normalized spacial score (nSPS) is 12.2.